The first-order valence-electron chi connectivity index (χ1n) is 9.79. The van der Waals surface area contributed by atoms with E-state index in [1.807, 2.05) is 24.3 Å². The lowest BCUT2D eigenvalue weighted by molar-refractivity contribution is 0.250. The normalized spacial score (nSPS) is 20.5. The van der Waals surface area contributed by atoms with Crippen LogP contribution in [-0.2, 0) is 22.3 Å². The number of benzene rings is 1. The zero-order valence-electron chi connectivity index (χ0n) is 17.4. The van der Waals surface area contributed by atoms with Crippen molar-refractivity contribution >= 4 is 40.0 Å². The number of hydrogen-bond acceptors (Lipinski definition) is 3. The molecule has 0 saturated heterocycles. The van der Waals surface area contributed by atoms with Crippen molar-refractivity contribution in [2.24, 2.45) is 16.8 Å². The van der Waals surface area contributed by atoms with Gasteiger partial charge in [0.25, 0.3) is 0 Å². The van der Waals surface area contributed by atoms with E-state index in [0.717, 1.165) is 28.9 Å². The minimum absolute atomic E-state index is 0. The minimum Gasteiger partial charge on any atom is -0.354 e. The first kappa shape index (κ1) is 25.2. The summed E-state index contributed by atoms with van der Waals surface area (Å²) in [7, 11) is -0.0112. The molecule has 0 radical (unpaired) electrons. The Morgan fingerprint density at radius 3 is 2.18 bits per heavy atom. The van der Waals surface area contributed by atoms with Crippen molar-refractivity contribution in [2.45, 2.75) is 57.9 Å². The Bertz CT molecular complexity index is 712. The molecular weight excluding hydrogens is 487 g/mol. The zero-order valence-corrected chi connectivity index (χ0v) is 20.5. The average molecular weight is 522 g/mol. The number of hydrogen-bond donors (Lipinski definition) is 3. The highest BCUT2D eigenvalue weighted by Gasteiger charge is 2.23. The summed E-state index contributed by atoms with van der Waals surface area (Å²) in [6, 6.07) is 8.11. The van der Waals surface area contributed by atoms with E-state index < -0.39 is 10.0 Å². The lowest BCUT2D eigenvalue weighted by atomic mass is 9.80. The second kappa shape index (κ2) is 12.0. The zero-order chi connectivity index (χ0) is 19.9. The van der Waals surface area contributed by atoms with Crippen LogP contribution in [0.15, 0.2) is 29.3 Å². The van der Waals surface area contributed by atoms with Crippen LogP contribution in [0.1, 0.15) is 50.7 Å². The Morgan fingerprint density at radius 2 is 1.68 bits per heavy atom. The van der Waals surface area contributed by atoms with Gasteiger partial charge in [-0.15, -0.1) is 24.0 Å². The van der Waals surface area contributed by atoms with Crippen molar-refractivity contribution in [3.63, 3.8) is 0 Å². The minimum atomic E-state index is -3.24. The molecule has 0 bridgehead atoms. The van der Waals surface area contributed by atoms with E-state index in [9.17, 15) is 8.42 Å². The summed E-state index contributed by atoms with van der Waals surface area (Å²) < 4.78 is 25.5. The Labute approximate surface area is 187 Å². The van der Waals surface area contributed by atoms with Crippen LogP contribution in [0.2, 0.25) is 0 Å². The highest BCUT2D eigenvalue weighted by molar-refractivity contribution is 14.0. The van der Waals surface area contributed by atoms with Crippen LogP contribution in [0.4, 0.5) is 0 Å². The van der Waals surface area contributed by atoms with Gasteiger partial charge in [0.15, 0.2) is 5.96 Å². The predicted molar refractivity (Wildman–Crippen MR) is 127 cm³/mol. The van der Waals surface area contributed by atoms with E-state index in [-0.39, 0.29) is 29.7 Å². The number of aliphatic imine (C=N–C) groups is 1. The molecule has 2 rings (SSSR count). The summed E-state index contributed by atoms with van der Waals surface area (Å²) in [6.45, 7) is 5.29. The van der Waals surface area contributed by atoms with Crippen LogP contribution < -0.4 is 15.4 Å². The van der Waals surface area contributed by atoms with Crippen LogP contribution in [-0.4, -0.2) is 34.5 Å². The van der Waals surface area contributed by atoms with Crippen LogP contribution in [0.25, 0.3) is 0 Å². The topological polar surface area (TPSA) is 82.6 Å². The number of nitrogens with one attached hydrogen (secondary N) is 3. The fraction of sp³-hybridized carbons (Fsp3) is 0.650. The molecule has 28 heavy (non-hydrogen) atoms. The number of sulfonamides is 1. The van der Waals surface area contributed by atoms with Gasteiger partial charge >= 0.3 is 0 Å². The van der Waals surface area contributed by atoms with E-state index >= 15 is 0 Å². The summed E-state index contributed by atoms with van der Waals surface area (Å²) in [6.07, 6.45) is 4.95. The lowest BCUT2D eigenvalue weighted by Crippen LogP contribution is -2.44. The Hall–Kier alpha value is -0.870. The Kier molecular flexibility index (Phi) is 10.8. The molecule has 160 valence electrons. The third kappa shape index (κ3) is 8.24. The monoisotopic (exact) mass is 522 g/mol. The highest BCUT2D eigenvalue weighted by atomic mass is 127. The maximum Gasteiger partial charge on any atom is 0.215 e. The van der Waals surface area contributed by atoms with Crippen LogP contribution in [0.3, 0.4) is 0 Å². The largest absolute Gasteiger partial charge is 0.354 e. The second-order valence-electron chi connectivity index (χ2n) is 7.71. The smallest absolute Gasteiger partial charge is 0.215 e. The molecule has 0 aliphatic heterocycles. The van der Waals surface area contributed by atoms with Crippen molar-refractivity contribution in [3.8, 4) is 0 Å². The van der Waals surface area contributed by atoms with Crippen LogP contribution >= 0.6 is 24.0 Å². The van der Waals surface area contributed by atoms with E-state index in [1.165, 1.54) is 32.7 Å². The Balaban J connectivity index is 0.00000392. The predicted octanol–water partition coefficient (Wildman–Crippen LogP) is 3.23. The molecule has 1 aromatic rings. The van der Waals surface area contributed by atoms with E-state index in [2.05, 4.69) is 34.2 Å². The van der Waals surface area contributed by atoms with Crippen molar-refractivity contribution in [3.05, 3.63) is 35.4 Å². The molecule has 8 heteroatoms. The molecule has 1 aromatic carbocycles. The lowest BCUT2D eigenvalue weighted by Gasteiger charge is -2.32. The van der Waals surface area contributed by atoms with E-state index in [4.69, 9.17) is 0 Å². The van der Waals surface area contributed by atoms with Gasteiger partial charge in [0.1, 0.15) is 0 Å². The molecule has 1 aliphatic rings. The first-order valence-corrected chi connectivity index (χ1v) is 11.4. The standard InChI is InChI=1S/C20H34N4O2S.HI/c1-15(2)18-9-11-19(12-10-18)24-20(21-3)23-13-16-5-7-17(8-6-16)14-27(25,26)22-4;/h5-8,15,18-19,22H,9-14H2,1-4H3,(H2,21,23,24);1H. The van der Waals surface area contributed by atoms with Crippen molar-refractivity contribution in [2.75, 3.05) is 14.1 Å². The fourth-order valence-corrected chi connectivity index (χ4v) is 4.32. The molecule has 1 saturated carbocycles. The van der Waals surface area contributed by atoms with Gasteiger partial charge in [-0.05, 0) is 55.7 Å². The van der Waals surface area contributed by atoms with Gasteiger partial charge in [0.05, 0.1) is 5.75 Å². The summed E-state index contributed by atoms with van der Waals surface area (Å²) in [5, 5.41) is 6.89. The molecule has 1 aliphatic carbocycles. The summed E-state index contributed by atoms with van der Waals surface area (Å²) in [4.78, 5) is 4.34. The van der Waals surface area contributed by atoms with Gasteiger partial charge in [0.2, 0.25) is 10.0 Å². The van der Waals surface area contributed by atoms with Crippen LogP contribution in [0.5, 0.6) is 0 Å². The van der Waals surface area contributed by atoms with Crippen molar-refractivity contribution in [1.29, 1.82) is 0 Å². The molecule has 0 spiro atoms. The third-order valence-electron chi connectivity index (χ3n) is 5.43. The van der Waals surface area contributed by atoms with Gasteiger partial charge in [-0.3, -0.25) is 4.99 Å². The van der Waals surface area contributed by atoms with Crippen LogP contribution in [0, 0.1) is 11.8 Å². The number of guanidine groups is 1. The third-order valence-corrected chi connectivity index (χ3v) is 6.77. The molecular formula is C20H35IN4O2S. The van der Waals surface area contributed by atoms with Gasteiger partial charge in [-0.1, -0.05) is 38.1 Å². The Morgan fingerprint density at radius 1 is 1.11 bits per heavy atom. The van der Waals surface area contributed by atoms with Crippen molar-refractivity contribution < 1.29 is 8.42 Å². The van der Waals surface area contributed by atoms with Gasteiger partial charge in [-0.2, -0.15) is 0 Å². The highest BCUT2D eigenvalue weighted by Crippen LogP contribution is 2.29. The fourth-order valence-electron chi connectivity index (χ4n) is 3.55. The number of halogens is 1. The maximum atomic E-state index is 11.6. The quantitative estimate of drug-likeness (QED) is 0.292. The van der Waals surface area contributed by atoms with E-state index in [0.29, 0.717) is 12.6 Å². The summed E-state index contributed by atoms with van der Waals surface area (Å²) in [5.41, 5.74) is 1.87. The number of nitrogens with zero attached hydrogens (tertiary/aromatic N) is 1. The molecule has 6 nitrogen and oxygen atoms in total. The SMILES string of the molecule is CN=C(NCc1ccc(CS(=O)(=O)NC)cc1)NC1CCC(C(C)C)CC1.I. The number of rotatable bonds is 7. The van der Waals surface area contributed by atoms with Gasteiger partial charge < -0.3 is 10.6 Å². The molecule has 0 unspecified atom stereocenters. The van der Waals surface area contributed by atoms with Gasteiger partial charge in [0, 0.05) is 19.6 Å². The van der Waals surface area contributed by atoms with E-state index in [1.54, 1.807) is 7.05 Å². The van der Waals surface area contributed by atoms with Gasteiger partial charge in [-0.25, -0.2) is 13.1 Å². The average Bonchev–Trinajstić information content (AvgIpc) is 2.66. The molecule has 0 atom stereocenters. The molecule has 0 amide bonds. The second-order valence-corrected chi connectivity index (χ2v) is 9.63. The molecule has 3 N–H and O–H groups in total. The maximum absolute atomic E-state index is 11.6. The molecule has 1 fully saturated rings. The summed E-state index contributed by atoms with van der Waals surface area (Å²) in [5.74, 6) is 2.45. The first-order chi connectivity index (χ1) is 12.8. The summed E-state index contributed by atoms with van der Waals surface area (Å²) >= 11 is 0. The molecule has 0 heterocycles. The van der Waals surface area contributed by atoms with Crippen molar-refractivity contribution in [1.82, 2.24) is 15.4 Å². The molecule has 0 aromatic heterocycles.